The summed E-state index contributed by atoms with van der Waals surface area (Å²) in [6, 6.07) is 8.72. The lowest BCUT2D eigenvalue weighted by Crippen LogP contribution is -2.56. The first-order valence-corrected chi connectivity index (χ1v) is 10.8. The lowest BCUT2D eigenvalue weighted by molar-refractivity contribution is -0.180. The third kappa shape index (κ3) is 4.67. The first-order valence-electron chi connectivity index (χ1n) is 10.8. The van der Waals surface area contributed by atoms with Crippen LogP contribution in [-0.4, -0.2) is 34.7 Å². The topological polar surface area (TPSA) is 105 Å². The molecule has 0 aliphatic heterocycles. The number of aliphatic hydroxyl groups is 1. The zero-order chi connectivity index (χ0) is 21.4. The lowest BCUT2D eigenvalue weighted by atomic mass is 9.47. The highest BCUT2D eigenvalue weighted by Gasteiger charge is 2.57. The van der Waals surface area contributed by atoms with Crippen molar-refractivity contribution >= 4 is 17.9 Å². The Morgan fingerprint density at radius 2 is 1.80 bits per heavy atom. The van der Waals surface area contributed by atoms with Gasteiger partial charge in [0.05, 0.1) is 12.0 Å². The molecular weight excluding hydrogens is 384 g/mol. The smallest absolute Gasteiger partial charge is 0.321 e. The van der Waals surface area contributed by atoms with E-state index in [9.17, 15) is 19.5 Å². The molecule has 0 spiro atoms. The molecule has 0 aromatic heterocycles. The summed E-state index contributed by atoms with van der Waals surface area (Å²) < 4.78 is 5.34. The van der Waals surface area contributed by atoms with Crippen molar-refractivity contribution < 1.29 is 24.2 Å². The summed E-state index contributed by atoms with van der Waals surface area (Å²) in [7, 11) is 0. The summed E-state index contributed by atoms with van der Waals surface area (Å²) in [5, 5.41) is 15.6. The molecule has 0 heterocycles. The molecule has 5 rings (SSSR count). The molecule has 3 atom stereocenters. The molecule has 30 heavy (non-hydrogen) atoms. The average molecular weight is 415 g/mol. The van der Waals surface area contributed by atoms with Crippen LogP contribution in [0.1, 0.15) is 57.4 Å². The molecule has 4 saturated carbocycles. The lowest BCUT2D eigenvalue weighted by Gasteiger charge is -2.60. The number of rotatable bonds is 6. The quantitative estimate of drug-likeness (QED) is 0.621. The molecule has 7 heteroatoms. The zero-order valence-electron chi connectivity index (χ0n) is 17.4. The van der Waals surface area contributed by atoms with Crippen molar-refractivity contribution in [2.24, 2.45) is 17.3 Å². The molecule has 4 aliphatic carbocycles. The van der Waals surface area contributed by atoms with Crippen molar-refractivity contribution in [2.45, 2.75) is 70.1 Å². The highest BCUT2D eigenvalue weighted by atomic mass is 16.5. The summed E-state index contributed by atoms with van der Waals surface area (Å²) in [6.07, 6.45) is 4.54. The van der Waals surface area contributed by atoms with Crippen LogP contribution in [0.3, 0.4) is 0 Å². The average Bonchev–Trinajstić information content (AvgIpc) is 2.64. The van der Waals surface area contributed by atoms with Crippen LogP contribution >= 0.6 is 0 Å². The van der Waals surface area contributed by atoms with Gasteiger partial charge >= 0.3 is 12.0 Å². The van der Waals surface area contributed by atoms with E-state index in [1.165, 1.54) is 6.92 Å². The van der Waals surface area contributed by atoms with E-state index in [0.29, 0.717) is 24.8 Å². The van der Waals surface area contributed by atoms with Gasteiger partial charge in [-0.15, -0.1) is 0 Å². The van der Waals surface area contributed by atoms with Gasteiger partial charge < -0.3 is 15.2 Å². The fourth-order valence-corrected chi connectivity index (χ4v) is 6.24. The van der Waals surface area contributed by atoms with E-state index >= 15 is 0 Å². The fraction of sp³-hybridized carbons (Fsp3) is 0.609. The van der Waals surface area contributed by atoms with Crippen LogP contribution < -0.4 is 10.6 Å². The van der Waals surface area contributed by atoms with Crippen LogP contribution in [0.4, 0.5) is 4.79 Å². The van der Waals surface area contributed by atoms with Gasteiger partial charge in [0.1, 0.15) is 0 Å². The molecule has 162 valence electrons. The van der Waals surface area contributed by atoms with Gasteiger partial charge in [-0.25, -0.2) is 4.79 Å². The van der Waals surface area contributed by atoms with E-state index < -0.39 is 29.6 Å². The normalized spacial score (nSPS) is 32.3. The van der Waals surface area contributed by atoms with Gasteiger partial charge in [-0.3, -0.25) is 14.9 Å². The van der Waals surface area contributed by atoms with E-state index in [-0.39, 0.29) is 11.8 Å². The standard InChI is InChI=1S/C23H30N2O5/c1-15(20(27)25-21(28)24-13-16-5-3-2-4-6-16)30-19(26)12-22-8-17-7-18(9-22)11-23(29,10-17)14-22/h2-6,15,17-18,29H,7-14H2,1H3,(H2,24,25,27,28)/t15-,17-,18-,22?,23?/m1/s1. The van der Waals surface area contributed by atoms with E-state index in [0.717, 1.165) is 37.7 Å². The Morgan fingerprint density at radius 1 is 1.13 bits per heavy atom. The molecule has 3 amide bonds. The van der Waals surface area contributed by atoms with Crippen LogP contribution in [0.2, 0.25) is 0 Å². The largest absolute Gasteiger partial charge is 0.453 e. The molecule has 7 nitrogen and oxygen atoms in total. The number of hydrogen-bond donors (Lipinski definition) is 3. The van der Waals surface area contributed by atoms with Crippen molar-refractivity contribution in [3.63, 3.8) is 0 Å². The van der Waals surface area contributed by atoms with Crippen molar-refractivity contribution in [2.75, 3.05) is 0 Å². The summed E-state index contributed by atoms with van der Waals surface area (Å²) in [4.78, 5) is 36.7. The minimum atomic E-state index is -1.06. The molecule has 1 aromatic rings. The van der Waals surface area contributed by atoms with Crippen LogP contribution in [0, 0.1) is 17.3 Å². The highest BCUT2D eigenvalue weighted by molar-refractivity contribution is 5.97. The second-order valence-corrected chi connectivity index (χ2v) is 9.65. The monoisotopic (exact) mass is 414 g/mol. The Balaban J connectivity index is 1.24. The summed E-state index contributed by atoms with van der Waals surface area (Å²) in [5.41, 5.74) is 0.0698. The molecule has 4 bridgehead atoms. The van der Waals surface area contributed by atoms with Crippen LogP contribution in [0.15, 0.2) is 30.3 Å². The van der Waals surface area contributed by atoms with Crippen molar-refractivity contribution in [3.05, 3.63) is 35.9 Å². The molecule has 1 aromatic carbocycles. The van der Waals surface area contributed by atoms with Crippen molar-refractivity contribution in [3.8, 4) is 0 Å². The first kappa shape index (κ1) is 20.8. The maximum Gasteiger partial charge on any atom is 0.321 e. The predicted molar refractivity (Wildman–Crippen MR) is 109 cm³/mol. The second kappa shape index (κ2) is 8.02. The van der Waals surface area contributed by atoms with E-state index in [4.69, 9.17) is 4.74 Å². The van der Waals surface area contributed by atoms with E-state index in [1.54, 1.807) is 0 Å². The number of hydrogen-bond acceptors (Lipinski definition) is 5. The first-order chi connectivity index (χ1) is 14.2. The fourth-order valence-electron chi connectivity index (χ4n) is 6.24. The number of esters is 1. The summed E-state index contributed by atoms with van der Waals surface area (Å²) >= 11 is 0. The van der Waals surface area contributed by atoms with Gasteiger partial charge in [0.2, 0.25) is 0 Å². The third-order valence-electron chi connectivity index (χ3n) is 6.88. The number of urea groups is 1. The van der Waals surface area contributed by atoms with Crippen LogP contribution in [0.25, 0.3) is 0 Å². The summed E-state index contributed by atoms with van der Waals surface area (Å²) in [5.74, 6) is -0.123. The van der Waals surface area contributed by atoms with E-state index in [1.807, 2.05) is 30.3 Å². The molecule has 0 unspecified atom stereocenters. The zero-order valence-corrected chi connectivity index (χ0v) is 17.4. The number of imide groups is 1. The third-order valence-corrected chi connectivity index (χ3v) is 6.88. The van der Waals surface area contributed by atoms with E-state index in [2.05, 4.69) is 10.6 Å². The number of carbonyl (C=O) groups is 3. The minimum Gasteiger partial charge on any atom is -0.453 e. The second-order valence-electron chi connectivity index (χ2n) is 9.65. The Hall–Kier alpha value is -2.41. The van der Waals surface area contributed by atoms with Crippen molar-refractivity contribution in [1.82, 2.24) is 10.6 Å². The highest BCUT2D eigenvalue weighted by Crippen LogP contribution is 2.62. The molecule has 4 aliphatic rings. The van der Waals surface area contributed by atoms with Gasteiger partial charge in [-0.2, -0.15) is 0 Å². The molecule has 0 radical (unpaired) electrons. The predicted octanol–water partition coefficient (Wildman–Crippen LogP) is 2.67. The Bertz CT molecular complexity index is 810. The van der Waals surface area contributed by atoms with Gasteiger partial charge in [-0.05, 0) is 68.3 Å². The van der Waals surface area contributed by atoms with Crippen molar-refractivity contribution in [1.29, 1.82) is 0 Å². The van der Waals surface area contributed by atoms with Gasteiger partial charge in [-0.1, -0.05) is 30.3 Å². The van der Waals surface area contributed by atoms with Gasteiger partial charge in [0, 0.05) is 6.54 Å². The summed E-state index contributed by atoms with van der Waals surface area (Å²) in [6.45, 7) is 1.76. The Morgan fingerprint density at radius 3 is 2.43 bits per heavy atom. The number of nitrogens with one attached hydrogen (secondary N) is 2. The number of carbonyl (C=O) groups excluding carboxylic acids is 3. The SMILES string of the molecule is C[C@@H](OC(=O)CC12C[C@H]3C[C@@H](CC(O)(C3)C1)C2)C(=O)NC(=O)NCc1ccccc1. The molecule has 3 N–H and O–H groups in total. The minimum absolute atomic E-state index is 0.209. The maximum absolute atomic E-state index is 12.6. The van der Waals surface area contributed by atoms with Gasteiger partial charge in [0.15, 0.2) is 6.10 Å². The molecule has 4 fully saturated rings. The Labute approximate surface area is 176 Å². The van der Waals surface area contributed by atoms with Crippen LogP contribution in [0.5, 0.6) is 0 Å². The molecular formula is C23H30N2O5. The number of ether oxygens (including phenoxy) is 1. The number of benzene rings is 1. The van der Waals surface area contributed by atoms with Crippen LogP contribution in [-0.2, 0) is 20.9 Å². The van der Waals surface area contributed by atoms with Gasteiger partial charge in [0.25, 0.3) is 5.91 Å². The number of amides is 3. The Kier molecular flexibility index (Phi) is 5.57. The maximum atomic E-state index is 12.6. The molecule has 0 saturated heterocycles.